The summed E-state index contributed by atoms with van der Waals surface area (Å²) in [4.78, 5) is 4.08. The Balaban J connectivity index is 2.41. The summed E-state index contributed by atoms with van der Waals surface area (Å²) in [5.41, 5.74) is 7.71. The third kappa shape index (κ3) is 2.77. The molecule has 94 valence electrons. The van der Waals surface area contributed by atoms with Crippen LogP contribution >= 0.6 is 0 Å². The molecule has 0 aliphatic rings. The maximum Gasteiger partial charge on any atom is 0.138 e. The van der Waals surface area contributed by atoms with Gasteiger partial charge in [-0.2, -0.15) is 0 Å². The van der Waals surface area contributed by atoms with Crippen LogP contribution in [0, 0.1) is 5.82 Å². The van der Waals surface area contributed by atoms with Crippen LogP contribution in [0.2, 0.25) is 0 Å². The molecule has 18 heavy (non-hydrogen) atoms. The molecular formula is C14H15FN2O. The van der Waals surface area contributed by atoms with Crippen molar-refractivity contribution in [1.82, 2.24) is 4.98 Å². The van der Waals surface area contributed by atoms with Gasteiger partial charge in [-0.3, -0.25) is 4.98 Å². The van der Waals surface area contributed by atoms with Crippen molar-refractivity contribution in [3.8, 4) is 16.9 Å². The number of anilines is 1. The van der Waals surface area contributed by atoms with E-state index in [0.29, 0.717) is 17.0 Å². The third-order valence-corrected chi connectivity index (χ3v) is 2.41. The highest BCUT2D eigenvalue weighted by Crippen LogP contribution is 2.28. The number of ether oxygens (including phenoxy) is 1. The minimum absolute atomic E-state index is 0.0620. The van der Waals surface area contributed by atoms with Crippen molar-refractivity contribution >= 4 is 5.69 Å². The highest BCUT2D eigenvalue weighted by atomic mass is 19.1. The first kappa shape index (κ1) is 12.4. The van der Waals surface area contributed by atoms with Crippen LogP contribution in [-0.2, 0) is 0 Å². The zero-order valence-corrected chi connectivity index (χ0v) is 10.4. The second-order valence-electron chi connectivity index (χ2n) is 4.31. The zero-order chi connectivity index (χ0) is 13.1. The maximum absolute atomic E-state index is 13.2. The van der Waals surface area contributed by atoms with Gasteiger partial charge in [0.2, 0.25) is 0 Å². The van der Waals surface area contributed by atoms with E-state index in [1.165, 1.54) is 12.1 Å². The Morgan fingerprint density at radius 3 is 2.72 bits per heavy atom. The molecule has 2 aromatic rings. The van der Waals surface area contributed by atoms with E-state index in [0.717, 1.165) is 5.56 Å². The molecule has 0 atom stereocenters. The van der Waals surface area contributed by atoms with Gasteiger partial charge in [0.25, 0.3) is 0 Å². The average Bonchev–Trinajstić information content (AvgIpc) is 2.32. The van der Waals surface area contributed by atoms with Crippen LogP contribution in [0.25, 0.3) is 11.1 Å². The topological polar surface area (TPSA) is 48.1 Å². The minimum Gasteiger partial charge on any atom is -0.489 e. The lowest BCUT2D eigenvalue weighted by Crippen LogP contribution is -2.05. The van der Waals surface area contributed by atoms with Crippen LogP contribution in [0.15, 0.2) is 36.7 Å². The van der Waals surface area contributed by atoms with E-state index >= 15 is 0 Å². The summed E-state index contributed by atoms with van der Waals surface area (Å²) >= 11 is 0. The molecule has 4 heteroatoms. The Bertz CT molecular complexity index is 555. The summed E-state index contributed by atoms with van der Waals surface area (Å²) < 4.78 is 18.8. The van der Waals surface area contributed by atoms with E-state index in [1.54, 1.807) is 24.5 Å². The summed E-state index contributed by atoms with van der Waals surface area (Å²) in [6, 6.07) is 6.07. The SMILES string of the molecule is CC(C)Oc1cncc(-c2cc(F)ccc2N)c1. The minimum atomic E-state index is -0.325. The van der Waals surface area contributed by atoms with Gasteiger partial charge in [-0.15, -0.1) is 0 Å². The number of benzene rings is 1. The molecule has 0 fully saturated rings. The van der Waals surface area contributed by atoms with Crippen molar-refractivity contribution in [3.05, 3.63) is 42.5 Å². The Morgan fingerprint density at radius 2 is 2.00 bits per heavy atom. The zero-order valence-electron chi connectivity index (χ0n) is 10.4. The molecule has 2 N–H and O–H groups in total. The third-order valence-electron chi connectivity index (χ3n) is 2.41. The summed E-state index contributed by atoms with van der Waals surface area (Å²) in [6.07, 6.45) is 3.32. The number of hydrogen-bond donors (Lipinski definition) is 1. The number of aromatic nitrogens is 1. The lowest BCUT2D eigenvalue weighted by Gasteiger charge is -2.11. The molecule has 1 aromatic heterocycles. The first-order chi connectivity index (χ1) is 8.56. The van der Waals surface area contributed by atoms with Crippen LogP contribution in [0.3, 0.4) is 0 Å². The number of nitrogens with zero attached hydrogens (tertiary/aromatic N) is 1. The van der Waals surface area contributed by atoms with Crippen LogP contribution in [-0.4, -0.2) is 11.1 Å². The number of pyridine rings is 1. The predicted octanol–water partition coefficient (Wildman–Crippen LogP) is 3.26. The van der Waals surface area contributed by atoms with Gasteiger partial charge in [0, 0.05) is 23.0 Å². The molecule has 0 aliphatic carbocycles. The summed E-state index contributed by atoms with van der Waals surface area (Å²) in [6.45, 7) is 3.87. The van der Waals surface area contributed by atoms with Crippen molar-refractivity contribution in [2.75, 3.05) is 5.73 Å². The molecule has 0 unspecified atom stereocenters. The highest BCUT2D eigenvalue weighted by Gasteiger charge is 2.07. The Morgan fingerprint density at radius 1 is 1.22 bits per heavy atom. The number of rotatable bonds is 3. The molecule has 2 rings (SSSR count). The van der Waals surface area contributed by atoms with Gasteiger partial charge in [0.1, 0.15) is 11.6 Å². The molecule has 0 bridgehead atoms. The van der Waals surface area contributed by atoms with Gasteiger partial charge in [-0.05, 0) is 38.1 Å². The number of nitrogen functional groups attached to an aromatic ring is 1. The fourth-order valence-electron chi connectivity index (χ4n) is 1.68. The Labute approximate surface area is 105 Å². The van der Waals surface area contributed by atoms with Crippen molar-refractivity contribution in [1.29, 1.82) is 0 Å². The molecule has 0 amide bonds. The van der Waals surface area contributed by atoms with Crippen LogP contribution in [0.5, 0.6) is 5.75 Å². The Hall–Kier alpha value is -2.10. The molecular weight excluding hydrogens is 231 g/mol. The molecule has 0 saturated heterocycles. The van der Waals surface area contributed by atoms with Crippen molar-refractivity contribution in [3.63, 3.8) is 0 Å². The smallest absolute Gasteiger partial charge is 0.138 e. The molecule has 1 heterocycles. The maximum atomic E-state index is 13.2. The van der Waals surface area contributed by atoms with Crippen molar-refractivity contribution in [2.45, 2.75) is 20.0 Å². The Kier molecular flexibility index (Phi) is 3.46. The van der Waals surface area contributed by atoms with E-state index in [1.807, 2.05) is 13.8 Å². The fourth-order valence-corrected chi connectivity index (χ4v) is 1.68. The van der Waals surface area contributed by atoms with Gasteiger partial charge >= 0.3 is 0 Å². The largest absolute Gasteiger partial charge is 0.489 e. The van der Waals surface area contributed by atoms with Crippen LogP contribution in [0.4, 0.5) is 10.1 Å². The first-order valence-electron chi connectivity index (χ1n) is 5.73. The lowest BCUT2D eigenvalue weighted by atomic mass is 10.1. The standard InChI is InChI=1S/C14H15FN2O/c1-9(2)18-12-5-10(7-17-8-12)13-6-11(15)3-4-14(13)16/h3-9H,16H2,1-2H3. The van der Waals surface area contributed by atoms with Gasteiger partial charge in [0.05, 0.1) is 12.3 Å². The molecule has 0 saturated carbocycles. The predicted molar refractivity (Wildman–Crippen MR) is 69.8 cm³/mol. The van der Waals surface area contributed by atoms with Gasteiger partial charge in [-0.1, -0.05) is 0 Å². The summed E-state index contributed by atoms with van der Waals surface area (Å²) in [5, 5.41) is 0. The number of hydrogen-bond acceptors (Lipinski definition) is 3. The van der Waals surface area contributed by atoms with E-state index in [9.17, 15) is 4.39 Å². The normalized spacial score (nSPS) is 10.7. The molecule has 0 aliphatic heterocycles. The molecule has 0 spiro atoms. The average molecular weight is 246 g/mol. The molecule has 0 radical (unpaired) electrons. The van der Waals surface area contributed by atoms with E-state index < -0.39 is 0 Å². The van der Waals surface area contributed by atoms with Crippen molar-refractivity contribution in [2.24, 2.45) is 0 Å². The quantitative estimate of drug-likeness (QED) is 0.845. The second kappa shape index (κ2) is 5.04. The van der Waals surface area contributed by atoms with E-state index in [2.05, 4.69) is 4.98 Å². The summed E-state index contributed by atoms with van der Waals surface area (Å²) in [7, 11) is 0. The first-order valence-corrected chi connectivity index (χ1v) is 5.73. The van der Waals surface area contributed by atoms with Gasteiger partial charge in [-0.25, -0.2) is 4.39 Å². The highest BCUT2D eigenvalue weighted by molar-refractivity contribution is 5.76. The monoisotopic (exact) mass is 246 g/mol. The van der Waals surface area contributed by atoms with Gasteiger partial charge < -0.3 is 10.5 Å². The van der Waals surface area contributed by atoms with Crippen molar-refractivity contribution < 1.29 is 9.13 Å². The second-order valence-corrected chi connectivity index (χ2v) is 4.31. The molecule has 1 aromatic carbocycles. The molecule has 3 nitrogen and oxygen atoms in total. The summed E-state index contributed by atoms with van der Waals surface area (Å²) in [5.74, 6) is 0.320. The number of halogens is 1. The fraction of sp³-hybridized carbons (Fsp3) is 0.214. The van der Waals surface area contributed by atoms with E-state index in [-0.39, 0.29) is 11.9 Å². The van der Waals surface area contributed by atoms with Gasteiger partial charge in [0.15, 0.2) is 0 Å². The van der Waals surface area contributed by atoms with Crippen LogP contribution in [0.1, 0.15) is 13.8 Å². The lowest BCUT2D eigenvalue weighted by molar-refractivity contribution is 0.241. The number of nitrogens with two attached hydrogens (primary N) is 1. The van der Waals surface area contributed by atoms with E-state index in [4.69, 9.17) is 10.5 Å². The van der Waals surface area contributed by atoms with Crippen LogP contribution < -0.4 is 10.5 Å².